The molecule has 2 heterocycles. The highest BCUT2D eigenvalue weighted by Gasteiger charge is 2.31. The lowest BCUT2D eigenvalue weighted by Crippen LogP contribution is -2.37. The van der Waals surface area contributed by atoms with Crippen LogP contribution in [0.3, 0.4) is 0 Å². The fourth-order valence-electron chi connectivity index (χ4n) is 2.58. The molecule has 7 heteroatoms. The molecule has 6 nitrogen and oxygen atoms in total. The Bertz CT molecular complexity index is 748. The second-order valence-corrected chi connectivity index (χ2v) is 7.13. The minimum atomic E-state index is -3.53. The van der Waals surface area contributed by atoms with Gasteiger partial charge in [-0.2, -0.15) is 12.7 Å². The smallest absolute Gasteiger partial charge is 0.301 e. The van der Waals surface area contributed by atoms with Crippen LogP contribution >= 0.6 is 0 Å². The summed E-state index contributed by atoms with van der Waals surface area (Å²) in [5, 5.41) is 0. The number of nitrogens with zero attached hydrogens (tertiary/aromatic N) is 2. The summed E-state index contributed by atoms with van der Waals surface area (Å²) in [6, 6.07) is 12.6. The lowest BCUT2D eigenvalue weighted by atomic mass is 10.3. The van der Waals surface area contributed by atoms with Crippen LogP contribution in [0.15, 0.2) is 48.7 Å². The molecule has 1 saturated heterocycles. The largest absolute Gasteiger partial charge is 0.439 e. The van der Waals surface area contributed by atoms with Crippen molar-refractivity contribution >= 4 is 15.9 Å². The van der Waals surface area contributed by atoms with Crippen LogP contribution in [-0.2, 0) is 10.2 Å². The molecule has 1 N–H and O–H groups in total. The van der Waals surface area contributed by atoms with Gasteiger partial charge in [-0.1, -0.05) is 18.2 Å². The molecule has 0 amide bonds. The van der Waals surface area contributed by atoms with E-state index in [-0.39, 0.29) is 6.04 Å². The van der Waals surface area contributed by atoms with Crippen molar-refractivity contribution < 1.29 is 13.2 Å². The van der Waals surface area contributed by atoms with E-state index < -0.39 is 10.2 Å². The number of rotatable bonds is 5. The average Bonchev–Trinajstić information content (AvgIpc) is 2.97. The van der Waals surface area contributed by atoms with Gasteiger partial charge in [-0.3, -0.25) is 4.72 Å². The van der Waals surface area contributed by atoms with Crippen LogP contribution in [0, 0.1) is 0 Å². The van der Waals surface area contributed by atoms with Crippen molar-refractivity contribution in [3.63, 3.8) is 0 Å². The maximum Gasteiger partial charge on any atom is 0.301 e. The van der Waals surface area contributed by atoms with Crippen LogP contribution in [0.4, 0.5) is 5.69 Å². The summed E-state index contributed by atoms with van der Waals surface area (Å²) in [6.45, 7) is 2.47. The molecule has 3 rings (SSSR count). The molecule has 1 aromatic heterocycles. The van der Waals surface area contributed by atoms with Crippen molar-refractivity contribution in [2.45, 2.75) is 25.8 Å². The van der Waals surface area contributed by atoms with Gasteiger partial charge in [0.15, 0.2) is 0 Å². The third kappa shape index (κ3) is 3.80. The van der Waals surface area contributed by atoms with Gasteiger partial charge in [0, 0.05) is 18.7 Å². The molecular formula is C16H19N3O3S. The molecule has 0 radical (unpaired) electrons. The molecule has 0 aliphatic carbocycles. The van der Waals surface area contributed by atoms with Crippen LogP contribution in [0.25, 0.3) is 0 Å². The zero-order valence-electron chi connectivity index (χ0n) is 12.8. The van der Waals surface area contributed by atoms with Gasteiger partial charge < -0.3 is 4.74 Å². The van der Waals surface area contributed by atoms with Crippen molar-refractivity contribution in [2.24, 2.45) is 0 Å². The van der Waals surface area contributed by atoms with E-state index in [1.165, 1.54) is 10.5 Å². The van der Waals surface area contributed by atoms with Crippen LogP contribution in [0.5, 0.6) is 11.6 Å². The van der Waals surface area contributed by atoms with Gasteiger partial charge in [0.1, 0.15) is 5.75 Å². The summed E-state index contributed by atoms with van der Waals surface area (Å²) >= 11 is 0. The molecule has 1 atom stereocenters. The number of hydrogen-bond acceptors (Lipinski definition) is 4. The van der Waals surface area contributed by atoms with Gasteiger partial charge >= 0.3 is 10.2 Å². The number of benzene rings is 1. The standard InChI is InChI=1S/C16H19N3O3S/c1-13-6-5-11-19(13)23(20,21)18-14-9-10-16(17-12-14)22-15-7-3-2-4-8-15/h2-4,7-10,12-13,18H,5-6,11H2,1H3. The molecule has 122 valence electrons. The summed E-state index contributed by atoms with van der Waals surface area (Å²) in [5.41, 5.74) is 0.421. The molecule has 1 aromatic carbocycles. The average molecular weight is 333 g/mol. The lowest BCUT2D eigenvalue weighted by Gasteiger charge is -2.21. The molecule has 0 bridgehead atoms. The summed E-state index contributed by atoms with van der Waals surface area (Å²) < 4.78 is 34.3. The van der Waals surface area contributed by atoms with Crippen LogP contribution in [-0.4, -0.2) is 30.3 Å². The lowest BCUT2D eigenvalue weighted by molar-refractivity contribution is 0.412. The fraction of sp³-hybridized carbons (Fsp3) is 0.312. The molecule has 1 aliphatic rings. The highest BCUT2D eigenvalue weighted by Crippen LogP contribution is 2.23. The molecule has 0 spiro atoms. The Morgan fingerprint density at radius 1 is 1.22 bits per heavy atom. The number of hydrogen-bond donors (Lipinski definition) is 1. The summed E-state index contributed by atoms with van der Waals surface area (Å²) in [7, 11) is -3.53. The van der Waals surface area contributed by atoms with Crippen LogP contribution < -0.4 is 9.46 Å². The Morgan fingerprint density at radius 3 is 2.61 bits per heavy atom. The predicted octanol–water partition coefficient (Wildman–Crippen LogP) is 3.01. The first-order chi connectivity index (χ1) is 11.0. The molecule has 23 heavy (non-hydrogen) atoms. The fourth-order valence-corrected chi connectivity index (χ4v) is 4.07. The van der Waals surface area contributed by atoms with Crippen molar-refractivity contribution in [1.82, 2.24) is 9.29 Å². The zero-order valence-corrected chi connectivity index (χ0v) is 13.7. The predicted molar refractivity (Wildman–Crippen MR) is 88.7 cm³/mol. The maximum atomic E-state index is 12.3. The molecule has 1 aliphatic heterocycles. The first kappa shape index (κ1) is 15.8. The number of ether oxygens (including phenoxy) is 1. The Labute approximate surface area is 136 Å². The quantitative estimate of drug-likeness (QED) is 0.913. The number of anilines is 1. The minimum Gasteiger partial charge on any atom is -0.439 e. The van der Waals surface area contributed by atoms with Gasteiger partial charge in [-0.25, -0.2) is 4.98 Å². The van der Waals surface area contributed by atoms with Crippen LogP contribution in [0.2, 0.25) is 0 Å². The monoisotopic (exact) mass is 333 g/mol. The number of nitrogens with one attached hydrogen (secondary N) is 1. The number of para-hydroxylation sites is 1. The van der Waals surface area contributed by atoms with Crippen molar-refractivity contribution in [2.75, 3.05) is 11.3 Å². The van der Waals surface area contributed by atoms with Gasteiger partial charge in [0.2, 0.25) is 5.88 Å². The van der Waals surface area contributed by atoms with E-state index in [1.54, 1.807) is 12.1 Å². The van der Waals surface area contributed by atoms with Crippen molar-refractivity contribution in [1.29, 1.82) is 0 Å². The highest BCUT2D eigenvalue weighted by molar-refractivity contribution is 7.90. The van der Waals surface area contributed by atoms with E-state index >= 15 is 0 Å². The second-order valence-electron chi connectivity index (χ2n) is 5.51. The van der Waals surface area contributed by atoms with Crippen LogP contribution in [0.1, 0.15) is 19.8 Å². The van der Waals surface area contributed by atoms with E-state index in [2.05, 4.69) is 9.71 Å². The van der Waals surface area contributed by atoms with E-state index in [1.807, 2.05) is 37.3 Å². The highest BCUT2D eigenvalue weighted by atomic mass is 32.2. The van der Waals surface area contributed by atoms with E-state index in [4.69, 9.17) is 4.74 Å². The normalized spacial score (nSPS) is 18.7. The second kappa shape index (κ2) is 6.55. The van der Waals surface area contributed by atoms with E-state index in [0.717, 1.165) is 12.8 Å². The van der Waals surface area contributed by atoms with E-state index in [9.17, 15) is 8.42 Å². The molecule has 0 saturated carbocycles. The van der Waals surface area contributed by atoms with Gasteiger partial charge in [-0.05, 0) is 38.0 Å². The topological polar surface area (TPSA) is 71.5 Å². The third-order valence-electron chi connectivity index (χ3n) is 3.75. The SMILES string of the molecule is CC1CCCN1S(=O)(=O)Nc1ccc(Oc2ccccc2)nc1. The summed E-state index contributed by atoms with van der Waals surface area (Å²) in [5.74, 6) is 1.09. The summed E-state index contributed by atoms with van der Waals surface area (Å²) in [4.78, 5) is 4.14. The Morgan fingerprint density at radius 2 is 2.00 bits per heavy atom. The van der Waals surface area contributed by atoms with Crippen molar-refractivity contribution in [3.8, 4) is 11.6 Å². The first-order valence-electron chi connectivity index (χ1n) is 7.53. The zero-order chi connectivity index (χ0) is 16.3. The molecule has 1 fully saturated rings. The third-order valence-corrected chi connectivity index (χ3v) is 5.40. The van der Waals surface area contributed by atoms with Gasteiger partial charge in [0.25, 0.3) is 0 Å². The maximum absolute atomic E-state index is 12.3. The molecule has 1 unspecified atom stereocenters. The molecule has 2 aromatic rings. The van der Waals surface area contributed by atoms with E-state index in [0.29, 0.717) is 23.9 Å². The number of aromatic nitrogens is 1. The number of pyridine rings is 1. The Hall–Kier alpha value is -2.12. The summed E-state index contributed by atoms with van der Waals surface area (Å²) in [6.07, 6.45) is 3.24. The first-order valence-corrected chi connectivity index (χ1v) is 8.97. The Kier molecular flexibility index (Phi) is 4.49. The minimum absolute atomic E-state index is 0.0288. The van der Waals surface area contributed by atoms with Crippen molar-refractivity contribution in [3.05, 3.63) is 48.7 Å². The van der Waals surface area contributed by atoms with Gasteiger partial charge in [0.05, 0.1) is 11.9 Å². The Balaban J connectivity index is 1.68. The van der Waals surface area contributed by atoms with Gasteiger partial charge in [-0.15, -0.1) is 0 Å². The molecular weight excluding hydrogens is 314 g/mol.